The fraction of sp³-hybridized carbons (Fsp3) is 1.00. The molecule has 0 aromatic rings. The first-order chi connectivity index (χ1) is 4.39. The molecule has 0 aliphatic heterocycles. The van der Waals surface area contributed by atoms with Crippen molar-refractivity contribution in [2.24, 2.45) is 0 Å². The highest BCUT2D eigenvalue weighted by molar-refractivity contribution is 6.11. The van der Waals surface area contributed by atoms with Crippen LogP contribution in [0, 0.1) is 0 Å². The van der Waals surface area contributed by atoms with E-state index in [0.29, 0.717) is 0 Å². The number of rotatable bonds is 0. The summed E-state index contributed by atoms with van der Waals surface area (Å²) in [5, 5.41) is 0. The van der Waals surface area contributed by atoms with Gasteiger partial charge in [0.2, 0.25) is 0 Å². The van der Waals surface area contributed by atoms with Gasteiger partial charge in [0.1, 0.15) is 0 Å². The Labute approximate surface area is 61.5 Å². The molecule has 0 aromatic carbocycles. The molecule has 1 heteroatoms. The standard InChI is InChI=1S/C8H17Si/c9-8-6-4-2-1-3-5-7-8/h8H,1-7,9H2. The highest BCUT2D eigenvalue weighted by Gasteiger charge is 2.04. The fourth-order valence-electron chi connectivity index (χ4n) is 1.54. The normalized spacial score (nSPS) is 25.0. The summed E-state index contributed by atoms with van der Waals surface area (Å²) in [6, 6.07) is 0. The Morgan fingerprint density at radius 2 is 1.22 bits per heavy atom. The lowest BCUT2D eigenvalue weighted by atomic mass is 10.0. The summed E-state index contributed by atoms with van der Waals surface area (Å²) in [6.07, 6.45) is 10.5. The van der Waals surface area contributed by atoms with Gasteiger partial charge in [-0.3, -0.25) is 0 Å². The monoisotopic (exact) mass is 141 g/mol. The van der Waals surface area contributed by atoms with E-state index < -0.39 is 0 Å². The first-order valence-electron chi connectivity index (χ1n) is 4.22. The minimum atomic E-state index is 1.05. The number of hydrogen-bond acceptors (Lipinski definition) is 0. The Balaban J connectivity index is 2.12. The van der Waals surface area contributed by atoms with Gasteiger partial charge in [-0.2, -0.15) is 0 Å². The van der Waals surface area contributed by atoms with Gasteiger partial charge in [-0.15, -0.1) is 0 Å². The minimum absolute atomic E-state index is 1.05. The van der Waals surface area contributed by atoms with Crippen LogP contribution in [0.5, 0.6) is 0 Å². The molecule has 0 bridgehead atoms. The molecule has 1 aliphatic carbocycles. The summed E-state index contributed by atoms with van der Waals surface area (Å²) in [5.41, 5.74) is 1.05. The molecule has 0 nitrogen and oxygen atoms in total. The van der Waals surface area contributed by atoms with Crippen LogP contribution < -0.4 is 0 Å². The molecular formula is C8H17Si. The second-order valence-corrected chi connectivity index (χ2v) is 4.37. The van der Waals surface area contributed by atoms with Gasteiger partial charge < -0.3 is 0 Å². The lowest BCUT2D eigenvalue weighted by Gasteiger charge is -2.13. The Bertz CT molecular complexity index is 63.0. The Morgan fingerprint density at radius 1 is 0.778 bits per heavy atom. The van der Waals surface area contributed by atoms with E-state index in [1.54, 1.807) is 0 Å². The molecule has 0 aromatic heterocycles. The lowest BCUT2D eigenvalue weighted by molar-refractivity contribution is 0.504. The second-order valence-electron chi connectivity index (χ2n) is 3.21. The van der Waals surface area contributed by atoms with Crippen LogP contribution in [-0.2, 0) is 0 Å². The van der Waals surface area contributed by atoms with Crippen molar-refractivity contribution >= 4 is 10.2 Å². The average molecular weight is 141 g/mol. The maximum absolute atomic E-state index is 2.20. The predicted octanol–water partition coefficient (Wildman–Crippen LogP) is 2.15. The van der Waals surface area contributed by atoms with Crippen LogP contribution in [0.15, 0.2) is 0 Å². The van der Waals surface area contributed by atoms with Crippen LogP contribution >= 0.6 is 0 Å². The Morgan fingerprint density at radius 3 is 1.78 bits per heavy atom. The van der Waals surface area contributed by atoms with Crippen molar-refractivity contribution in [3.8, 4) is 0 Å². The van der Waals surface area contributed by atoms with Crippen molar-refractivity contribution < 1.29 is 0 Å². The summed E-state index contributed by atoms with van der Waals surface area (Å²) >= 11 is 0. The molecule has 1 rings (SSSR count). The van der Waals surface area contributed by atoms with E-state index in [1.807, 2.05) is 0 Å². The van der Waals surface area contributed by atoms with Gasteiger partial charge in [0.15, 0.2) is 0 Å². The molecule has 53 valence electrons. The first kappa shape index (κ1) is 7.33. The summed E-state index contributed by atoms with van der Waals surface area (Å²) in [7, 11) is 2.20. The molecule has 1 radical (unpaired) electrons. The largest absolute Gasteiger partial charge is 0.0539 e. The molecule has 9 heavy (non-hydrogen) atoms. The van der Waals surface area contributed by atoms with Crippen molar-refractivity contribution in [2.45, 2.75) is 50.5 Å². The quantitative estimate of drug-likeness (QED) is 0.453. The highest BCUT2D eigenvalue weighted by Crippen LogP contribution is 2.23. The second kappa shape index (κ2) is 4.10. The zero-order valence-electron chi connectivity index (χ0n) is 6.23. The van der Waals surface area contributed by atoms with E-state index in [0.717, 1.165) is 5.54 Å². The van der Waals surface area contributed by atoms with Crippen molar-refractivity contribution in [3.05, 3.63) is 0 Å². The van der Waals surface area contributed by atoms with E-state index in [9.17, 15) is 0 Å². The van der Waals surface area contributed by atoms with Crippen molar-refractivity contribution in [3.63, 3.8) is 0 Å². The van der Waals surface area contributed by atoms with Gasteiger partial charge in [0.25, 0.3) is 0 Å². The van der Waals surface area contributed by atoms with Crippen LogP contribution in [0.4, 0.5) is 0 Å². The van der Waals surface area contributed by atoms with E-state index >= 15 is 0 Å². The SMILES string of the molecule is [SiH2]C1CCCCCCC1. The fourth-order valence-corrected chi connectivity index (χ4v) is 2.12. The van der Waals surface area contributed by atoms with E-state index in [1.165, 1.54) is 44.9 Å². The third kappa shape index (κ3) is 3.04. The summed E-state index contributed by atoms with van der Waals surface area (Å²) < 4.78 is 0. The molecule has 0 heterocycles. The third-order valence-corrected chi connectivity index (χ3v) is 3.04. The molecule has 0 unspecified atom stereocenters. The summed E-state index contributed by atoms with van der Waals surface area (Å²) in [4.78, 5) is 0. The van der Waals surface area contributed by atoms with Gasteiger partial charge in [-0.05, 0) is 0 Å². The molecule has 1 saturated carbocycles. The van der Waals surface area contributed by atoms with E-state index in [2.05, 4.69) is 10.2 Å². The van der Waals surface area contributed by atoms with E-state index in [4.69, 9.17) is 0 Å². The summed E-state index contributed by atoms with van der Waals surface area (Å²) in [6.45, 7) is 0. The van der Waals surface area contributed by atoms with Crippen molar-refractivity contribution in [2.75, 3.05) is 0 Å². The molecule has 0 N–H and O–H groups in total. The third-order valence-electron chi connectivity index (χ3n) is 2.22. The van der Waals surface area contributed by atoms with Crippen LogP contribution in [0.25, 0.3) is 0 Å². The van der Waals surface area contributed by atoms with Gasteiger partial charge >= 0.3 is 0 Å². The topological polar surface area (TPSA) is 0 Å². The molecular weight excluding hydrogens is 124 g/mol. The first-order valence-corrected chi connectivity index (χ1v) is 5.04. The zero-order chi connectivity index (χ0) is 6.53. The Kier molecular flexibility index (Phi) is 3.34. The molecule has 0 saturated heterocycles. The van der Waals surface area contributed by atoms with Gasteiger partial charge in [-0.1, -0.05) is 50.5 Å². The van der Waals surface area contributed by atoms with Crippen LogP contribution in [0.3, 0.4) is 0 Å². The van der Waals surface area contributed by atoms with E-state index in [-0.39, 0.29) is 0 Å². The molecule has 0 spiro atoms. The van der Waals surface area contributed by atoms with Gasteiger partial charge in [-0.25, -0.2) is 0 Å². The maximum Gasteiger partial charge on any atom is 0.0121 e. The number of hydrogen-bond donors (Lipinski definition) is 0. The van der Waals surface area contributed by atoms with Gasteiger partial charge in [0.05, 0.1) is 0 Å². The lowest BCUT2D eigenvalue weighted by Crippen LogP contribution is -1.96. The highest BCUT2D eigenvalue weighted by atomic mass is 28.1. The van der Waals surface area contributed by atoms with Gasteiger partial charge in [0, 0.05) is 10.2 Å². The molecule has 1 fully saturated rings. The summed E-state index contributed by atoms with van der Waals surface area (Å²) in [5.74, 6) is 0. The molecule has 1 aliphatic rings. The molecule has 0 amide bonds. The van der Waals surface area contributed by atoms with Crippen LogP contribution in [0.1, 0.15) is 44.9 Å². The zero-order valence-corrected chi connectivity index (χ0v) is 7.65. The van der Waals surface area contributed by atoms with Crippen molar-refractivity contribution in [1.29, 1.82) is 0 Å². The predicted molar refractivity (Wildman–Crippen MR) is 44.6 cm³/mol. The van der Waals surface area contributed by atoms with Crippen LogP contribution in [0.2, 0.25) is 5.54 Å². The smallest absolute Gasteiger partial charge is 0.0121 e. The van der Waals surface area contributed by atoms with Crippen LogP contribution in [-0.4, -0.2) is 10.2 Å². The minimum Gasteiger partial charge on any atom is -0.0539 e. The van der Waals surface area contributed by atoms with Crippen molar-refractivity contribution in [1.82, 2.24) is 0 Å². The Hall–Kier alpha value is 0.217. The maximum atomic E-state index is 2.20. The average Bonchev–Trinajstić information content (AvgIpc) is 1.79. The molecule has 0 atom stereocenters.